The molecule has 2 heterocycles. The summed E-state index contributed by atoms with van der Waals surface area (Å²) in [5, 5.41) is 22.0. The van der Waals surface area contributed by atoms with Crippen LogP contribution in [0.2, 0.25) is 0 Å². The third-order valence-corrected chi connectivity index (χ3v) is 8.62. The number of hydrogen-bond acceptors (Lipinski definition) is 6. The zero-order chi connectivity index (χ0) is 26.6. The largest absolute Gasteiger partial charge is 0.490 e. The summed E-state index contributed by atoms with van der Waals surface area (Å²) in [6.45, 7) is 1.60. The molecule has 1 aliphatic heterocycles. The second-order valence-corrected chi connectivity index (χ2v) is 11.3. The maximum absolute atomic E-state index is 16.3. The average Bonchev–Trinajstić information content (AvgIpc) is 3.34. The Morgan fingerprint density at radius 3 is 2.37 bits per heavy atom. The van der Waals surface area contributed by atoms with Gasteiger partial charge in [-0.2, -0.15) is 0 Å². The van der Waals surface area contributed by atoms with E-state index in [0.29, 0.717) is 12.6 Å². The van der Waals surface area contributed by atoms with Gasteiger partial charge in [0.25, 0.3) is 5.92 Å². The predicted octanol–water partition coefficient (Wildman–Crippen LogP) is 4.19. The van der Waals surface area contributed by atoms with Crippen LogP contribution in [0.1, 0.15) is 37.7 Å². The van der Waals surface area contributed by atoms with Crippen LogP contribution in [0.15, 0.2) is 54.9 Å². The Labute approximate surface area is 217 Å². The molecule has 2 bridgehead atoms. The van der Waals surface area contributed by atoms with Crippen molar-refractivity contribution < 1.29 is 27.4 Å². The molecule has 202 valence electrons. The smallest absolute Gasteiger partial charge is 0.287 e. The Bertz CT molecular complexity index is 1260. The molecular formula is C27H29F4N5O2. The highest BCUT2D eigenvalue weighted by atomic mass is 19.3. The summed E-state index contributed by atoms with van der Waals surface area (Å²) in [4.78, 5) is 2.30. The zero-order valence-electron chi connectivity index (χ0n) is 20.7. The van der Waals surface area contributed by atoms with Gasteiger partial charge in [0.15, 0.2) is 5.60 Å². The fourth-order valence-electron chi connectivity index (χ4n) is 6.95. The zero-order valence-corrected chi connectivity index (χ0v) is 20.7. The molecule has 1 saturated heterocycles. The van der Waals surface area contributed by atoms with Crippen LogP contribution in [-0.2, 0) is 12.1 Å². The van der Waals surface area contributed by atoms with Crippen LogP contribution in [0.3, 0.4) is 0 Å². The molecule has 0 amide bonds. The third-order valence-electron chi connectivity index (χ3n) is 8.62. The lowest BCUT2D eigenvalue weighted by Gasteiger charge is -2.74. The van der Waals surface area contributed by atoms with E-state index in [1.807, 2.05) is 30.3 Å². The van der Waals surface area contributed by atoms with Crippen LogP contribution >= 0.6 is 0 Å². The fraction of sp³-hybridized carbons (Fsp3) is 0.519. The van der Waals surface area contributed by atoms with Crippen LogP contribution < -0.4 is 4.74 Å². The topological polar surface area (TPSA) is 76.3 Å². The Morgan fingerprint density at radius 2 is 1.74 bits per heavy atom. The molecule has 3 aliphatic carbocycles. The number of likely N-dealkylation sites (tertiary alicyclic amines) is 1. The van der Waals surface area contributed by atoms with Crippen molar-refractivity contribution in [2.45, 2.75) is 56.3 Å². The van der Waals surface area contributed by atoms with Gasteiger partial charge in [0, 0.05) is 36.7 Å². The minimum Gasteiger partial charge on any atom is -0.490 e. The van der Waals surface area contributed by atoms with E-state index < -0.39 is 40.7 Å². The van der Waals surface area contributed by atoms with E-state index in [-0.39, 0.29) is 30.8 Å². The number of ether oxygens (including phenoxy) is 1. The minimum atomic E-state index is -3.71. The summed E-state index contributed by atoms with van der Waals surface area (Å²) in [5.41, 5.74) is -5.34. The quantitative estimate of drug-likeness (QED) is 0.418. The molecule has 1 atom stereocenters. The van der Waals surface area contributed by atoms with Crippen molar-refractivity contribution >= 4 is 0 Å². The maximum Gasteiger partial charge on any atom is 0.287 e. The highest BCUT2D eigenvalue weighted by Crippen LogP contribution is 2.80. The predicted molar refractivity (Wildman–Crippen MR) is 128 cm³/mol. The first-order valence-electron chi connectivity index (χ1n) is 12.8. The van der Waals surface area contributed by atoms with Gasteiger partial charge in [-0.05, 0) is 72.2 Å². The molecule has 11 heteroatoms. The fourth-order valence-corrected chi connectivity index (χ4v) is 6.95. The molecule has 1 aromatic heterocycles. The van der Waals surface area contributed by atoms with Crippen molar-refractivity contribution in [3.8, 4) is 5.75 Å². The van der Waals surface area contributed by atoms with Gasteiger partial charge in [-0.25, -0.2) is 22.2 Å². The number of aromatic nitrogens is 4. The summed E-state index contributed by atoms with van der Waals surface area (Å²) in [6, 6.07) is 11.9. The van der Waals surface area contributed by atoms with Crippen molar-refractivity contribution in [1.29, 1.82) is 0 Å². The van der Waals surface area contributed by atoms with E-state index in [1.54, 1.807) is 0 Å². The minimum absolute atomic E-state index is 0.129. The molecule has 3 saturated carbocycles. The van der Waals surface area contributed by atoms with Gasteiger partial charge in [0.1, 0.15) is 29.8 Å². The number of hydrogen-bond donors (Lipinski definition) is 1. The van der Waals surface area contributed by atoms with E-state index in [0.717, 1.165) is 54.8 Å². The summed E-state index contributed by atoms with van der Waals surface area (Å²) in [6.07, 6.45) is 3.63. The standard InChI is InChI=1S/C27H29F4N5O2/c28-19-6-7-22(23(29)12-19)26(37,17-36-18-32-33-34-36)27(30,31)25-13-24(14-25,15-25)16-35-10-8-21(9-11-35)38-20-4-2-1-3-5-20/h1-7,12,18,21,37H,8-11,13-17H2. The van der Waals surface area contributed by atoms with Crippen LogP contribution in [-0.4, -0.2) is 61.9 Å². The lowest BCUT2D eigenvalue weighted by atomic mass is 9.32. The van der Waals surface area contributed by atoms with Gasteiger partial charge < -0.3 is 14.7 Å². The first-order valence-corrected chi connectivity index (χ1v) is 12.8. The second kappa shape index (κ2) is 9.01. The van der Waals surface area contributed by atoms with Crippen molar-refractivity contribution in [3.63, 3.8) is 0 Å². The average molecular weight is 532 g/mol. The van der Waals surface area contributed by atoms with Crippen molar-refractivity contribution in [2.24, 2.45) is 10.8 Å². The second-order valence-electron chi connectivity index (χ2n) is 11.3. The molecule has 0 spiro atoms. The number of alkyl halides is 2. The van der Waals surface area contributed by atoms with Gasteiger partial charge in [-0.15, -0.1) is 5.10 Å². The number of piperidine rings is 1. The van der Waals surface area contributed by atoms with Crippen molar-refractivity contribution in [3.05, 3.63) is 72.1 Å². The molecule has 7 nitrogen and oxygen atoms in total. The van der Waals surface area contributed by atoms with E-state index in [2.05, 4.69) is 20.4 Å². The van der Waals surface area contributed by atoms with Crippen LogP contribution in [0.4, 0.5) is 17.6 Å². The first kappa shape index (κ1) is 25.2. The first-order chi connectivity index (χ1) is 18.1. The normalized spacial score (nSPS) is 27.3. The molecule has 0 radical (unpaired) electrons. The maximum atomic E-state index is 16.3. The third kappa shape index (κ3) is 4.07. The summed E-state index contributed by atoms with van der Waals surface area (Å²) < 4.78 is 67.9. The van der Waals surface area contributed by atoms with Gasteiger partial charge >= 0.3 is 0 Å². The van der Waals surface area contributed by atoms with E-state index in [9.17, 15) is 13.9 Å². The monoisotopic (exact) mass is 531 g/mol. The Kier molecular flexibility index (Phi) is 5.99. The number of nitrogens with zero attached hydrogens (tertiary/aromatic N) is 5. The summed E-state index contributed by atoms with van der Waals surface area (Å²) >= 11 is 0. The van der Waals surface area contributed by atoms with Crippen molar-refractivity contribution in [2.75, 3.05) is 19.6 Å². The van der Waals surface area contributed by atoms with E-state index in [1.165, 1.54) is 0 Å². The molecule has 4 fully saturated rings. The van der Waals surface area contributed by atoms with Gasteiger partial charge in [-0.1, -0.05) is 18.2 Å². The molecular weight excluding hydrogens is 502 g/mol. The molecule has 4 aliphatic rings. The van der Waals surface area contributed by atoms with E-state index >= 15 is 8.78 Å². The lowest BCUT2D eigenvalue weighted by molar-refractivity contribution is -0.372. The molecule has 38 heavy (non-hydrogen) atoms. The molecule has 2 aromatic carbocycles. The highest BCUT2D eigenvalue weighted by molar-refractivity contribution is 5.34. The van der Waals surface area contributed by atoms with Gasteiger partial charge in [0.2, 0.25) is 0 Å². The van der Waals surface area contributed by atoms with Crippen molar-refractivity contribution in [1.82, 2.24) is 25.1 Å². The number of halogens is 4. The lowest BCUT2D eigenvalue weighted by Crippen LogP contribution is -2.76. The number of aliphatic hydroxyl groups is 1. The van der Waals surface area contributed by atoms with Gasteiger partial charge in [-0.3, -0.25) is 0 Å². The van der Waals surface area contributed by atoms with Crippen LogP contribution in [0.5, 0.6) is 5.75 Å². The molecule has 3 aromatic rings. The SMILES string of the molecule is OC(Cn1cnnn1)(c1ccc(F)cc1F)C(F)(F)C12CC(CN3CCC(Oc4ccccc4)CC3)(C1)C2. The summed E-state index contributed by atoms with van der Waals surface area (Å²) in [5.74, 6) is -5.01. The molecule has 7 rings (SSSR count). The number of rotatable bonds is 9. The van der Waals surface area contributed by atoms with E-state index in [4.69, 9.17) is 4.74 Å². The summed E-state index contributed by atoms with van der Waals surface area (Å²) in [7, 11) is 0. The molecule has 1 unspecified atom stereocenters. The van der Waals surface area contributed by atoms with Gasteiger partial charge in [0.05, 0.1) is 6.54 Å². The Morgan fingerprint density at radius 1 is 1.03 bits per heavy atom. The number of para-hydroxylation sites is 1. The van der Waals surface area contributed by atoms with Crippen LogP contribution in [0.25, 0.3) is 0 Å². The number of tetrazole rings is 1. The number of benzene rings is 2. The Balaban J connectivity index is 1.13. The van der Waals surface area contributed by atoms with Crippen LogP contribution in [0, 0.1) is 22.5 Å². The highest BCUT2D eigenvalue weighted by Gasteiger charge is 2.81. The Hall–Kier alpha value is -3.05. The molecule has 1 N–H and O–H groups in total.